The molecule has 0 amide bonds. The van der Waals surface area contributed by atoms with Gasteiger partial charge in [0.05, 0.1) is 5.60 Å². The first-order valence-corrected chi connectivity index (χ1v) is 5.02. The first kappa shape index (κ1) is 13.9. The fourth-order valence-electron chi connectivity index (χ4n) is 0.987. The van der Waals surface area contributed by atoms with E-state index in [1.165, 1.54) is 13.0 Å². The number of hydrogen-bond donors (Lipinski definition) is 1. The predicted octanol–water partition coefficient (Wildman–Crippen LogP) is 2.21. The van der Waals surface area contributed by atoms with Crippen molar-refractivity contribution in [3.8, 4) is 0 Å². The smallest absolute Gasteiger partial charge is 0.302 e. The van der Waals surface area contributed by atoms with Gasteiger partial charge in [0, 0.05) is 6.92 Å². The number of allylic oxidation sites excluding steroid dienone is 1. The van der Waals surface area contributed by atoms with E-state index < -0.39 is 5.60 Å². The molecule has 1 unspecified atom stereocenters. The van der Waals surface area contributed by atoms with Gasteiger partial charge in [-0.25, -0.2) is 0 Å². The molecule has 0 aromatic rings. The Morgan fingerprint density at radius 2 is 2.13 bits per heavy atom. The molecular formula is C12H20O3. The summed E-state index contributed by atoms with van der Waals surface area (Å²) in [6.45, 7) is 8.87. The Labute approximate surface area is 91.4 Å². The Balaban J connectivity index is 3.86. The van der Waals surface area contributed by atoms with Crippen molar-refractivity contribution in [2.75, 3.05) is 6.61 Å². The average Bonchev–Trinajstić information content (AvgIpc) is 2.14. The summed E-state index contributed by atoms with van der Waals surface area (Å²) in [5, 5.41) is 9.62. The minimum absolute atomic E-state index is 0.277. The minimum Gasteiger partial charge on any atom is -0.461 e. The van der Waals surface area contributed by atoms with E-state index in [0.29, 0.717) is 13.0 Å². The number of carbonyl (C=O) groups is 1. The largest absolute Gasteiger partial charge is 0.461 e. The number of hydrogen-bond acceptors (Lipinski definition) is 3. The van der Waals surface area contributed by atoms with Gasteiger partial charge >= 0.3 is 5.97 Å². The molecular weight excluding hydrogens is 192 g/mol. The highest BCUT2D eigenvalue weighted by atomic mass is 16.5. The van der Waals surface area contributed by atoms with Crippen molar-refractivity contribution in [1.29, 1.82) is 0 Å². The summed E-state index contributed by atoms with van der Waals surface area (Å²) in [4.78, 5) is 10.5. The molecule has 1 atom stereocenters. The summed E-state index contributed by atoms with van der Waals surface area (Å²) in [7, 11) is 0. The van der Waals surface area contributed by atoms with Crippen molar-refractivity contribution >= 4 is 5.97 Å². The number of aliphatic hydroxyl groups is 1. The van der Waals surface area contributed by atoms with E-state index in [1.807, 2.05) is 13.0 Å². The van der Waals surface area contributed by atoms with Crippen molar-refractivity contribution in [3.05, 3.63) is 24.3 Å². The molecule has 0 saturated heterocycles. The van der Waals surface area contributed by atoms with Crippen molar-refractivity contribution in [1.82, 2.24) is 0 Å². The second kappa shape index (κ2) is 6.40. The Hall–Kier alpha value is -1.09. The van der Waals surface area contributed by atoms with Gasteiger partial charge in [0.1, 0.15) is 6.61 Å². The molecule has 1 N–H and O–H groups in total. The molecule has 0 aliphatic carbocycles. The molecule has 0 saturated carbocycles. The molecule has 0 aliphatic heterocycles. The van der Waals surface area contributed by atoms with E-state index in [4.69, 9.17) is 4.74 Å². The van der Waals surface area contributed by atoms with Crippen LogP contribution in [0.2, 0.25) is 0 Å². The molecule has 0 aromatic carbocycles. The lowest BCUT2D eigenvalue weighted by Gasteiger charge is -2.16. The first-order chi connectivity index (χ1) is 6.87. The number of carbonyl (C=O) groups excluding carboxylic acids is 1. The highest BCUT2D eigenvalue weighted by molar-refractivity contribution is 5.66. The third kappa shape index (κ3) is 7.94. The van der Waals surface area contributed by atoms with Crippen LogP contribution in [0.25, 0.3) is 0 Å². The third-order valence-corrected chi connectivity index (χ3v) is 2.09. The van der Waals surface area contributed by atoms with Crippen LogP contribution in [-0.4, -0.2) is 23.3 Å². The van der Waals surface area contributed by atoms with Gasteiger partial charge < -0.3 is 9.84 Å². The molecule has 86 valence electrons. The summed E-state index contributed by atoms with van der Waals surface area (Å²) < 4.78 is 4.82. The molecule has 15 heavy (non-hydrogen) atoms. The summed E-state index contributed by atoms with van der Waals surface area (Å²) >= 11 is 0. The zero-order valence-corrected chi connectivity index (χ0v) is 9.75. The summed E-state index contributed by atoms with van der Waals surface area (Å²) in [6.07, 6.45) is 4.85. The molecule has 0 aliphatic rings. The van der Waals surface area contributed by atoms with Gasteiger partial charge in [0.2, 0.25) is 0 Å². The quantitative estimate of drug-likeness (QED) is 0.542. The van der Waals surface area contributed by atoms with Gasteiger partial charge in [-0.15, -0.1) is 6.58 Å². The van der Waals surface area contributed by atoms with E-state index in [1.54, 1.807) is 6.92 Å². The van der Waals surface area contributed by atoms with Crippen LogP contribution < -0.4 is 0 Å². The molecule has 0 radical (unpaired) electrons. The van der Waals surface area contributed by atoms with Crippen LogP contribution in [0, 0.1) is 0 Å². The lowest BCUT2D eigenvalue weighted by atomic mass is 10.00. The summed E-state index contributed by atoms with van der Waals surface area (Å²) in [5.41, 5.74) is 0.170. The normalized spacial score (nSPS) is 15.6. The van der Waals surface area contributed by atoms with Gasteiger partial charge in [0.15, 0.2) is 0 Å². The third-order valence-electron chi connectivity index (χ3n) is 2.09. The van der Waals surface area contributed by atoms with Crippen molar-refractivity contribution < 1.29 is 14.6 Å². The maximum absolute atomic E-state index is 10.5. The second-order valence-electron chi connectivity index (χ2n) is 3.93. The van der Waals surface area contributed by atoms with Crippen molar-refractivity contribution in [3.63, 3.8) is 0 Å². The van der Waals surface area contributed by atoms with Gasteiger partial charge in [-0.3, -0.25) is 4.79 Å². The SMILES string of the molecule is C=CC(C)(O)CC/C=C(\C)COC(C)=O. The predicted molar refractivity (Wildman–Crippen MR) is 60.4 cm³/mol. The first-order valence-electron chi connectivity index (χ1n) is 5.02. The van der Waals surface area contributed by atoms with Crippen molar-refractivity contribution in [2.24, 2.45) is 0 Å². The van der Waals surface area contributed by atoms with Crippen LogP contribution in [0.5, 0.6) is 0 Å². The Morgan fingerprint density at radius 1 is 1.53 bits per heavy atom. The Kier molecular flexibility index (Phi) is 5.94. The average molecular weight is 212 g/mol. The molecule has 3 heteroatoms. The highest BCUT2D eigenvalue weighted by Gasteiger charge is 2.13. The Bertz CT molecular complexity index is 252. The topological polar surface area (TPSA) is 46.5 Å². The zero-order valence-electron chi connectivity index (χ0n) is 9.75. The monoisotopic (exact) mass is 212 g/mol. The summed E-state index contributed by atoms with van der Waals surface area (Å²) in [6, 6.07) is 0. The lowest BCUT2D eigenvalue weighted by molar-refractivity contribution is -0.139. The molecule has 0 bridgehead atoms. The van der Waals surface area contributed by atoms with Crippen molar-refractivity contribution in [2.45, 2.75) is 39.2 Å². The van der Waals surface area contributed by atoms with E-state index >= 15 is 0 Å². The minimum atomic E-state index is -0.821. The molecule has 0 aromatic heterocycles. The highest BCUT2D eigenvalue weighted by Crippen LogP contribution is 2.13. The van der Waals surface area contributed by atoms with E-state index in [-0.39, 0.29) is 5.97 Å². The standard InChI is InChI=1S/C12H20O3/c1-5-12(4,14)8-6-7-10(2)9-15-11(3)13/h5,7,14H,1,6,8-9H2,2-4H3/b10-7+. The van der Waals surface area contributed by atoms with E-state index in [9.17, 15) is 9.90 Å². The number of esters is 1. The second-order valence-corrected chi connectivity index (χ2v) is 3.93. The lowest BCUT2D eigenvalue weighted by Crippen LogP contribution is -2.19. The van der Waals surface area contributed by atoms with E-state index in [0.717, 1.165) is 12.0 Å². The molecule has 0 heterocycles. The van der Waals surface area contributed by atoms with Crippen LogP contribution in [0.3, 0.4) is 0 Å². The van der Waals surface area contributed by atoms with Crippen LogP contribution >= 0.6 is 0 Å². The van der Waals surface area contributed by atoms with Gasteiger partial charge in [-0.05, 0) is 32.3 Å². The molecule has 0 rings (SSSR count). The van der Waals surface area contributed by atoms with Crippen LogP contribution in [-0.2, 0) is 9.53 Å². The van der Waals surface area contributed by atoms with Crippen LogP contribution in [0.4, 0.5) is 0 Å². The fourth-order valence-corrected chi connectivity index (χ4v) is 0.987. The summed E-state index contributed by atoms with van der Waals surface area (Å²) in [5.74, 6) is -0.277. The maximum Gasteiger partial charge on any atom is 0.302 e. The number of rotatable bonds is 6. The zero-order chi connectivity index (χ0) is 11.9. The maximum atomic E-state index is 10.5. The molecule has 0 fully saturated rings. The van der Waals surface area contributed by atoms with E-state index in [2.05, 4.69) is 6.58 Å². The van der Waals surface area contributed by atoms with Gasteiger partial charge in [-0.2, -0.15) is 0 Å². The van der Waals surface area contributed by atoms with Gasteiger partial charge in [0.25, 0.3) is 0 Å². The molecule has 0 spiro atoms. The van der Waals surface area contributed by atoms with Gasteiger partial charge in [-0.1, -0.05) is 12.2 Å². The van der Waals surface area contributed by atoms with Crippen LogP contribution in [0.15, 0.2) is 24.3 Å². The Morgan fingerprint density at radius 3 is 2.60 bits per heavy atom. The molecule has 3 nitrogen and oxygen atoms in total. The number of ether oxygens (including phenoxy) is 1. The fraction of sp³-hybridized carbons (Fsp3) is 0.583. The van der Waals surface area contributed by atoms with Crippen LogP contribution in [0.1, 0.15) is 33.6 Å².